The Morgan fingerprint density at radius 2 is 2.07 bits per heavy atom. The molecule has 2 aromatic rings. The van der Waals surface area contributed by atoms with Gasteiger partial charge in [-0.2, -0.15) is 0 Å². The van der Waals surface area contributed by atoms with Gasteiger partial charge in [-0.1, -0.05) is 0 Å². The Labute approximate surface area is 161 Å². The number of carbonyl (C=O) groups is 2. The molecule has 1 saturated heterocycles. The van der Waals surface area contributed by atoms with Crippen LogP contribution in [0.3, 0.4) is 0 Å². The topological polar surface area (TPSA) is 109 Å². The van der Waals surface area contributed by atoms with Gasteiger partial charge < -0.3 is 20.3 Å². The number of benzene rings is 1. The molecule has 0 spiro atoms. The fourth-order valence-corrected chi connectivity index (χ4v) is 3.08. The molecule has 148 valence electrons. The van der Waals surface area contributed by atoms with Crippen LogP contribution in [0, 0.1) is 5.82 Å². The molecule has 1 aromatic carbocycles. The lowest BCUT2D eigenvalue weighted by Gasteiger charge is -2.26. The maximum atomic E-state index is 13.3. The number of rotatable bonds is 7. The Morgan fingerprint density at radius 3 is 2.79 bits per heavy atom. The normalized spacial score (nSPS) is 18.8. The lowest BCUT2D eigenvalue weighted by Crippen LogP contribution is -2.52. The third-order valence-corrected chi connectivity index (χ3v) is 4.67. The number of aliphatic hydroxyl groups excluding tert-OH is 1. The summed E-state index contributed by atoms with van der Waals surface area (Å²) in [7, 11) is 0. The first-order chi connectivity index (χ1) is 13.4. The highest BCUT2D eigenvalue weighted by molar-refractivity contribution is 5.93. The fourth-order valence-electron chi connectivity index (χ4n) is 3.08. The molecule has 1 atom stereocenters. The molecule has 0 aliphatic carbocycles. The van der Waals surface area contributed by atoms with Crippen molar-refractivity contribution in [2.45, 2.75) is 24.8 Å². The predicted octanol–water partition coefficient (Wildman–Crippen LogP) is 1.16. The van der Waals surface area contributed by atoms with E-state index in [-0.39, 0.29) is 48.8 Å². The number of hydrogen-bond donors (Lipinski definition) is 3. The lowest BCUT2D eigenvalue weighted by atomic mass is 9.99. The number of amides is 1. The summed E-state index contributed by atoms with van der Waals surface area (Å²) in [6.07, 6.45) is 1.81. The minimum atomic E-state index is -0.820. The third kappa shape index (κ3) is 4.71. The van der Waals surface area contributed by atoms with Crippen LogP contribution in [0.1, 0.15) is 28.0 Å². The van der Waals surface area contributed by atoms with Gasteiger partial charge in [0.2, 0.25) is 0 Å². The van der Waals surface area contributed by atoms with Crippen molar-refractivity contribution in [3.63, 3.8) is 0 Å². The van der Waals surface area contributed by atoms with E-state index < -0.39 is 17.3 Å². The van der Waals surface area contributed by atoms with E-state index in [1.54, 1.807) is 6.07 Å². The molecule has 0 saturated carbocycles. The number of phenolic OH excluding ortho intramolecular Hbond substituents is 1. The van der Waals surface area contributed by atoms with E-state index in [0.717, 1.165) is 12.1 Å². The van der Waals surface area contributed by atoms with Gasteiger partial charge in [0.05, 0.1) is 18.8 Å². The number of carbonyl (C=O) groups excluding carboxylic acids is 2. The Hall–Kier alpha value is -2.84. The Bertz CT molecular complexity index is 881. The molecule has 0 bridgehead atoms. The highest BCUT2D eigenvalue weighted by Crippen LogP contribution is 2.20. The van der Waals surface area contributed by atoms with Crippen LogP contribution in [-0.4, -0.2) is 52.2 Å². The fraction of sp³-hybridized carbons (Fsp3) is 0.350. The molecule has 1 fully saturated rings. The zero-order valence-electron chi connectivity index (χ0n) is 15.2. The number of aliphatic hydroxyl groups is 1. The number of halogens is 1. The maximum Gasteiger partial charge on any atom is 0.270 e. The van der Waals surface area contributed by atoms with Gasteiger partial charge in [-0.05, 0) is 42.3 Å². The van der Waals surface area contributed by atoms with Gasteiger partial charge in [0.1, 0.15) is 23.0 Å². The molecule has 0 radical (unpaired) electrons. The van der Waals surface area contributed by atoms with Crippen molar-refractivity contribution in [1.82, 2.24) is 10.3 Å². The number of ketones is 1. The molecule has 1 unspecified atom stereocenters. The van der Waals surface area contributed by atoms with E-state index >= 15 is 0 Å². The molecule has 1 aliphatic rings. The largest absolute Gasteiger partial charge is 0.508 e. The predicted molar refractivity (Wildman–Crippen MR) is 97.4 cm³/mol. The molecular weight excluding hydrogens is 367 g/mol. The van der Waals surface area contributed by atoms with Gasteiger partial charge in [0, 0.05) is 31.2 Å². The number of ether oxygens (including phenoxy) is 1. The second-order valence-corrected chi connectivity index (χ2v) is 6.91. The molecule has 3 N–H and O–H groups in total. The second kappa shape index (κ2) is 8.45. The van der Waals surface area contributed by atoms with E-state index in [1.165, 1.54) is 18.3 Å². The Balaban J connectivity index is 1.66. The highest BCUT2D eigenvalue weighted by atomic mass is 19.1. The number of phenols is 1. The summed E-state index contributed by atoms with van der Waals surface area (Å²) in [6.45, 7) is 0.439. The number of aromatic hydroxyl groups is 1. The van der Waals surface area contributed by atoms with Crippen molar-refractivity contribution < 1.29 is 28.9 Å². The first-order valence-corrected chi connectivity index (χ1v) is 8.86. The molecular formula is C20H21FN2O5. The van der Waals surface area contributed by atoms with Gasteiger partial charge in [0.25, 0.3) is 5.91 Å². The van der Waals surface area contributed by atoms with Gasteiger partial charge in [0.15, 0.2) is 0 Å². The molecule has 3 rings (SSSR count). The second-order valence-electron chi connectivity index (χ2n) is 6.91. The monoisotopic (exact) mass is 388 g/mol. The summed E-state index contributed by atoms with van der Waals surface area (Å²) < 4.78 is 18.5. The van der Waals surface area contributed by atoms with E-state index in [9.17, 15) is 24.2 Å². The summed E-state index contributed by atoms with van der Waals surface area (Å²) >= 11 is 0. The number of nitrogens with one attached hydrogen (secondary N) is 1. The number of hydrogen-bond acceptors (Lipinski definition) is 6. The highest BCUT2D eigenvalue weighted by Gasteiger charge is 2.36. The van der Waals surface area contributed by atoms with Gasteiger partial charge in [-0.25, -0.2) is 4.39 Å². The van der Waals surface area contributed by atoms with Gasteiger partial charge in [-0.3, -0.25) is 14.6 Å². The summed E-state index contributed by atoms with van der Waals surface area (Å²) in [5.41, 5.74) is 0.0861. The van der Waals surface area contributed by atoms with Crippen LogP contribution in [-0.2, 0) is 22.4 Å². The quantitative estimate of drug-likeness (QED) is 0.657. The zero-order valence-corrected chi connectivity index (χ0v) is 15.2. The molecule has 1 amide bonds. The summed E-state index contributed by atoms with van der Waals surface area (Å²) in [5.74, 6) is -1.37. The van der Waals surface area contributed by atoms with Gasteiger partial charge in [-0.15, -0.1) is 0 Å². The van der Waals surface area contributed by atoms with Crippen LogP contribution >= 0.6 is 0 Å². The minimum Gasteiger partial charge on any atom is -0.508 e. The van der Waals surface area contributed by atoms with E-state index in [2.05, 4.69) is 10.3 Å². The number of nitrogens with zero attached hydrogens (tertiary/aromatic N) is 1. The Kier molecular flexibility index (Phi) is 6.01. The molecule has 7 nitrogen and oxygen atoms in total. The van der Waals surface area contributed by atoms with Crippen molar-refractivity contribution >= 4 is 11.7 Å². The van der Waals surface area contributed by atoms with Crippen LogP contribution in [0.25, 0.3) is 0 Å². The number of aromatic nitrogens is 1. The van der Waals surface area contributed by atoms with Crippen molar-refractivity contribution in [3.05, 3.63) is 59.2 Å². The summed E-state index contributed by atoms with van der Waals surface area (Å²) in [4.78, 5) is 28.8. The molecule has 1 aliphatic heterocycles. The molecule has 8 heteroatoms. The summed E-state index contributed by atoms with van der Waals surface area (Å²) in [5, 5.41) is 22.1. The van der Waals surface area contributed by atoms with Crippen LogP contribution in [0.15, 0.2) is 36.5 Å². The third-order valence-electron chi connectivity index (χ3n) is 4.67. The van der Waals surface area contributed by atoms with Crippen molar-refractivity contribution in [2.24, 2.45) is 0 Å². The molecule has 28 heavy (non-hydrogen) atoms. The van der Waals surface area contributed by atoms with E-state index in [0.29, 0.717) is 18.6 Å². The Morgan fingerprint density at radius 1 is 1.25 bits per heavy atom. The van der Waals surface area contributed by atoms with Crippen molar-refractivity contribution in [3.8, 4) is 5.75 Å². The maximum absolute atomic E-state index is 13.3. The van der Waals surface area contributed by atoms with E-state index in [1.807, 2.05) is 0 Å². The van der Waals surface area contributed by atoms with Crippen molar-refractivity contribution in [2.75, 3.05) is 19.8 Å². The minimum absolute atomic E-state index is 0.00695. The van der Waals surface area contributed by atoms with Crippen molar-refractivity contribution in [1.29, 1.82) is 0 Å². The first kappa shape index (κ1) is 19.9. The molecule has 2 heterocycles. The standard InChI is InChI=1S/C20H21FN2O5/c21-15-1-2-18(26)14(9-15)10-16(25)7-13-3-5-22-17(8-13)19(27)23-20(11-24)4-6-28-12-20/h1-3,5,8-9,24,26H,4,6-7,10-12H2,(H,23,27). The SMILES string of the molecule is O=C(Cc1ccnc(C(=O)NC2(CO)CCOC2)c1)Cc1cc(F)ccc1O. The summed E-state index contributed by atoms with van der Waals surface area (Å²) in [6, 6.07) is 6.55. The van der Waals surface area contributed by atoms with Crippen LogP contribution in [0.2, 0.25) is 0 Å². The smallest absolute Gasteiger partial charge is 0.270 e. The average molecular weight is 388 g/mol. The van der Waals surface area contributed by atoms with Crippen LogP contribution < -0.4 is 5.32 Å². The first-order valence-electron chi connectivity index (χ1n) is 8.86. The average Bonchev–Trinajstić information content (AvgIpc) is 3.14. The zero-order chi connectivity index (χ0) is 20.1. The lowest BCUT2D eigenvalue weighted by molar-refractivity contribution is -0.117. The van der Waals surface area contributed by atoms with E-state index in [4.69, 9.17) is 4.74 Å². The van der Waals surface area contributed by atoms with Gasteiger partial charge >= 0.3 is 0 Å². The van der Waals surface area contributed by atoms with Crippen LogP contribution in [0.5, 0.6) is 5.75 Å². The molecule has 1 aromatic heterocycles. The number of pyridine rings is 1. The number of Topliss-reactive ketones (excluding diaryl/α,β-unsaturated/α-hetero) is 1. The van der Waals surface area contributed by atoms with Crippen LogP contribution in [0.4, 0.5) is 4.39 Å².